The number of alkyl carbamates (subject to hydrolysis) is 1. The number of hydrogen-bond donors (Lipinski definition) is 15. The van der Waals surface area contributed by atoms with Gasteiger partial charge in [0.2, 0.25) is 0 Å². The van der Waals surface area contributed by atoms with Crippen molar-refractivity contribution in [3.63, 3.8) is 0 Å². The summed E-state index contributed by atoms with van der Waals surface area (Å²) in [6.45, 7) is 2.09. The van der Waals surface area contributed by atoms with E-state index in [0.29, 0.717) is 0 Å². The number of carbonyl (C=O) groups is 1. The first-order chi connectivity index (χ1) is 17.9. The second kappa shape index (κ2) is 18.2. The molecule has 0 fully saturated rings. The van der Waals surface area contributed by atoms with Gasteiger partial charge in [0.05, 0.1) is 31.5 Å². The van der Waals surface area contributed by atoms with Gasteiger partial charge in [0.1, 0.15) is 54.7 Å². The van der Waals surface area contributed by atoms with E-state index in [2.05, 4.69) is 16.0 Å². The molecule has 15 N–H and O–H groups in total. The molecule has 0 aromatic rings. The van der Waals surface area contributed by atoms with Gasteiger partial charge in [-0.25, -0.2) is 4.79 Å². The van der Waals surface area contributed by atoms with Gasteiger partial charge in [-0.2, -0.15) is 0 Å². The lowest BCUT2D eigenvalue weighted by Crippen LogP contribution is -2.55. The summed E-state index contributed by atoms with van der Waals surface area (Å²) in [5, 5.41) is 124. The number of ether oxygens (including phenoxy) is 1. The summed E-state index contributed by atoms with van der Waals surface area (Å²) in [6, 6.07) is -1.15. The van der Waals surface area contributed by atoms with E-state index < -0.39 is 105 Å². The maximum atomic E-state index is 12.2. The molecule has 234 valence electrons. The molecule has 1 amide bonds. The van der Waals surface area contributed by atoms with Gasteiger partial charge in [-0.3, -0.25) is 10.6 Å². The summed E-state index contributed by atoms with van der Waals surface area (Å²) in [6.07, 6.45) is -18.4. The first kappa shape index (κ1) is 37.7. The van der Waals surface area contributed by atoms with Crippen molar-refractivity contribution in [3.05, 3.63) is 0 Å². The lowest BCUT2D eigenvalue weighted by Gasteiger charge is -2.30. The molecule has 17 heteroatoms. The number of aliphatic hydroxyl groups excluding tert-OH is 12. The van der Waals surface area contributed by atoms with E-state index in [1.165, 1.54) is 0 Å². The second-order valence-electron chi connectivity index (χ2n) is 10.2. The molecular weight excluding hydrogens is 530 g/mol. The molecule has 0 bridgehead atoms. The second-order valence-corrected chi connectivity index (χ2v) is 10.2. The van der Waals surface area contributed by atoms with Crippen molar-refractivity contribution >= 4 is 6.09 Å². The molecule has 0 rings (SSSR count). The van der Waals surface area contributed by atoms with Gasteiger partial charge in [-0.05, 0) is 33.6 Å². The highest BCUT2D eigenvalue weighted by Gasteiger charge is 2.32. The molecule has 0 heterocycles. The molecule has 0 spiro atoms. The molecule has 0 aliphatic carbocycles. The average Bonchev–Trinajstić information content (AvgIpc) is 2.88. The maximum Gasteiger partial charge on any atom is 0.408 e. The van der Waals surface area contributed by atoms with Crippen LogP contribution in [0, 0.1) is 0 Å². The predicted molar refractivity (Wildman–Crippen MR) is 133 cm³/mol. The number of hydrogen-bond acceptors (Lipinski definition) is 16. The highest BCUT2D eigenvalue weighted by atomic mass is 16.6. The molecule has 0 unspecified atom stereocenters. The largest absolute Gasteiger partial charge is 0.444 e. The smallest absolute Gasteiger partial charge is 0.408 e. The summed E-state index contributed by atoms with van der Waals surface area (Å²) in [5.74, 6) is 0. The Kier molecular flexibility index (Phi) is 17.6. The minimum atomic E-state index is -1.89. The van der Waals surface area contributed by atoms with E-state index in [4.69, 9.17) is 14.9 Å². The van der Waals surface area contributed by atoms with Gasteiger partial charge in [0.15, 0.2) is 0 Å². The topological polar surface area (TPSA) is 305 Å². The third-order valence-corrected chi connectivity index (χ3v) is 5.58. The van der Waals surface area contributed by atoms with E-state index in [9.17, 15) is 55.9 Å². The van der Waals surface area contributed by atoms with Crippen LogP contribution in [0.15, 0.2) is 0 Å². The van der Waals surface area contributed by atoms with Crippen molar-refractivity contribution in [2.45, 2.75) is 107 Å². The summed E-state index contributed by atoms with van der Waals surface area (Å²) >= 11 is 0. The fourth-order valence-corrected chi connectivity index (χ4v) is 3.22. The summed E-state index contributed by atoms with van der Waals surface area (Å²) in [4.78, 5) is 12.2. The number of aliphatic hydroxyl groups is 12. The van der Waals surface area contributed by atoms with Crippen molar-refractivity contribution in [1.29, 1.82) is 0 Å². The molecule has 0 aliphatic rings. The normalized spacial score (nSPS) is 21.0. The van der Waals surface area contributed by atoms with Gasteiger partial charge in [-0.15, -0.1) is 0 Å². The number of carbonyl (C=O) groups excluding carboxylic acids is 1. The molecule has 0 saturated carbocycles. The minimum absolute atomic E-state index is 0.128. The zero-order chi connectivity index (χ0) is 30.5. The SMILES string of the molecule is CC(C)(C)OC(=O)N[C@@H](CC[C@H](O)NC[C@H](O)[C@@H](O)[C@H](O)[C@H](O)CO)[C@H](O)NC[C@H](O)[C@@H](O)[C@H](O)[C@H](O)CO. The maximum absolute atomic E-state index is 12.2. The van der Waals surface area contributed by atoms with Crippen LogP contribution in [-0.2, 0) is 4.74 Å². The highest BCUT2D eigenvalue weighted by molar-refractivity contribution is 5.68. The van der Waals surface area contributed by atoms with Crippen LogP contribution in [0.2, 0.25) is 0 Å². The van der Waals surface area contributed by atoms with Gasteiger partial charge in [0.25, 0.3) is 0 Å². The Morgan fingerprint density at radius 1 is 0.667 bits per heavy atom. The lowest BCUT2D eigenvalue weighted by molar-refractivity contribution is -0.116. The Bertz CT molecular complexity index is 672. The van der Waals surface area contributed by atoms with E-state index in [-0.39, 0.29) is 12.8 Å². The van der Waals surface area contributed by atoms with Crippen LogP contribution < -0.4 is 16.0 Å². The summed E-state index contributed by atoms with van der Waals surface area (Å²) in [5.41, 5.74) is -0.886. The predicted octanol–water partition coefficient (Wildman–Crippen LogP) is -6.65. The Balaban J connectivity index is 5.10. The van der Waals surface area contributed by atoms with Crippen LogP contribution in [0.3, 0.4) is 0 Å². The zero-order valence-electron chi connectivity index (χ0n) is 22.3. The van der Waals surface area contributed by atoms with Crippen LogP contribution >= 0.6 is 0 Å². The third kappa shape index (κ3) is 14.8. The fourth-order valence-electron chi connectivity index (χ4n) is 3.22. The van der Waals surface area contributed by atoms with Crippen LogP contribution in [0.5, 0.6) is 0 Å². The minimum Gasteiger partial charge on any atom is -0.444 e. The van der Waals surface area contributed by atoms with Crippen molar-refractivity contribution in [2.75, 3.05) is 26.3 Å². The highest BCUT2D eigenvalue weighted by Crippen LogP contribution is 2.11. The number of amides is 1. The fraction of sp³-hybridized carbons (Fsp3) is 0.955. The van der Waals surface area contributed by atoms with Crippen LogP contribution in [0.1, 0.15) is 33.6 Å². The van der Waals surface area contributed by atoms with Gasteiger partial charge in [0, 0.05) is 13.1 Å². The third-order valence-electron chi connectivity index (χ3n) is 5.58. The monoisotopic (exact) mass is 577 g/mol. The van der Waals surface area contributed by atoms with Crippen LogP contribution in [0.25, 0.3) is 0 Å². The molecule has 0 aliphatic heterocycles. The number of nitrogens with one attached hydrogen (secondary N) is 3. The van der Waals surface area contributed by atoms with E-state index in [1.54, 1.807) is 20.8 Å². The van der Waals surface area contributed by atoms with Gasteiger partial charge in [-0.1, -0.05) is 0 Å². The standard InChI is InChI=1S/C22H47N3O14/c1-22(2,3)39-21(38)25-10(20(37)24-7-12(29)17(34)19(36)14(31)9-27)4-5-15(32)23-6-11(28)16(33)18(35)13(30)8-26/h10-20,23-24,26-37H,4-9H2,1-3H3,(H,25,38)/t10-,11-,12-,13+,14+,15-,16+,17+,18+,19+,20-/m0/s1. The molecule has 0 aromatic carbocycles. The van der Waals surface area contributed by atoms with Crippen LogP contribution in [-0.4, -0.2) is 167 Å². The van der Waals surface area contributed by atoms with E-state index >= 15 is 0 Å². The zero-order valence-corrected chi connectivity index (χ0v) is 22.3. The summed E-state index contributed by atoms with van der Waals surface area (Å²) < 4.78 is 5.15. The Morgan fingerprint density at radius 2 is 1.08 bits per heavy atom. The Hall–Kier alpha value is -1.29. The first-order valence-electron chi connectivity index (χ1n) is 12.4. The molecule has 11 atom stereocenters. The Labute approximate surface area is 226 Å². The average molecular weight is 578 g/mol. The molecule has 0 saturated heterocycles. The molecule has 0 radical (unpaired) electrons. The van der Waals surface area contributed by atoms with Crippen LogP contribution in [0.4, 0.5) is 4.79 Å². The van der Waals surface area contributed by atoms with E-state index in [1.807, 2.05) is 0 Å². The van der Waals surface area contributed by atoms with Gasteiger partial charge < -0.3 is 71.3 Å². The van der Waals surface area contributed by atoms with Crippen molar-refractivity contribution in [1.82, 2.24) is 16.0 Å². The van der Waals surface area contributed by atoms with Gasteiger partial charge >= 0.3 is 6.09 Å². The first-order valence-corrected chi connectivity index (χ1v) is 12.4. The molecular formula is C22H47N3O14. The summed E-state index contributed by atoms with van der Waals surface area (Å²) in [7, 11) is 0. The molecule has 17 nitrogen and oxygen atoms in total. The Morgan fingerprint density at radius 3 is 1.49 bits per heavy atom. The lowest BCUT2D eigenvalue weighted by atomic mass is 10.0. The van der Waals surface area contributed by atoms with Crippen molar-refractivity contribution in [2.24, 2.45) is 0 Å². The van der Waals surface area contributed by atoms with E-state index in [0.717, 1.165) is 0 Å². The molecule has 39 heavy (non-hydrogen) atoms. The van der Waals surface area contributed by atoms with Crippen molar-refractivity contribution < 1.29 is 70.8 Å². The van der Waals surface area contributed by atoms with Crippen molar-refractivity contribution in [3.8, 4) is 0 Å². The quantitative estimate of drug-likeness (QED) is 0.0634. The molecule has 0 aromatic heterocycles. The number of rotatable bonds is 19.